The lowest BCUT2D eigenvalue weighted by Gasteiger charge is -2.08. The number of nitrogens with two attached hydrogens (primary N) is 2. The topological polar surface area (TPSA) is 275 Å². The molecule has 20 heteroatoms. The first-order valence-corrected chi connectivity index (χ1v) is 18.0. The van der Waals surface area contributed by atoms with Crippen molar-refractivity contribution >= 4 is 45.8 Å². The minimum atomic E-state index is -0.0704. The lowest BCUT2D eigenvalue weighted by molar-refractivity contribution is -0.123. The SMILES string of the molecule is [N-]=[N+]=NCCOCCOCCOCCOCCOCCNC(=O)CCCCC(=O)NCCCCn1nc(-c2ccc3oc(N)nc3c2)c2c(N)ncnc21. The van der Waals surface area contributed by atoms with E-state index in [0.717, 1.165) is 18.4 Å². The number of ether oxygens (including phenoxy) is 5. The van der Waals surface area contributed by atoms with Crippen LogP contribution >= 0.6 is 0 Å². The zero-order chi connectivity index (χ0) is 38.2. The van der Waals surface area contributed by atoms with Crippen molar-refractivity contribution in [3.63, 3.8) is 0 Å². The minimum Gasteiger partial charge on any atom is -0.424 e. The van der Waals surface area contributed by atoms with Gasteiger partial charge in [-0.15, -0.1) is 0 Å². The van der Waals surface area contributed by atoms with Crippen molar-refractivity contribution in [2.45, 2.75) is 45.1 Å². The van der Waals surface area contributed by atoms with E-state index in [1.807, 2.05) is 12.1 Å². The van der Waals surface area contributed by atoms with Gasteiger partial charge in [0.1, 0.15) is 23.4 Å². The Morgan fingerprint density at radius 1 is 0.815 bits per heavy atom. The summed E-state index contributed by atoms with van der Waals surface area (Å²) in [6, 6.07) is 5.58. The molecule has 1 aromatic carbocycles. The lowest BCUT2D eigenvalue weighted by atomic mass is 10.1. The van der Waals surface area contributed by atoms with Crippen LogP contribution in [0.2, 0.25) is 0 Å². The number of aryl methyl sites for hydroxylation is 1. The number of hydrogen-bond acceptors (Lipinski definition) is 15. The van der Waals surface area contributed by atoms with Crippen molar-refractivity contribution in [1.82, 2.24) is 35.4 Å². The van der Waals surface area contributed by atoms with Crippen molar-refractivity contribution < 1.29 is 37.7 Å². The Balaban J connectivity index is 0.953. The fraction of sp³-hybridized carbons (Fsp3) is 0.588. The Kier molecular flexibility index (Phi) is 18.7. The molecule has 0 saturated heterocycles. The number of benzene rings is 1. The van der Waals surface area contributed by atoms with Crippen molar-refractivity contribution in [2.75, 3.05) is 97.2 Å². The van der Waals surface area contributed by atoms with Crippen LogP contribution in [0, 0.1) is 0 Å². The maximum absolute atomic E-state index is 12.3. The summed E-state index contributed by atoms with van der Waals surface area (Å²) in [6.07, 6.45) is 4.86. The molecule has 54 heavy (non-hydrogen) atoms. The second kappa shape index (κ2) is 24.3. The summed E-state index contributed by atoms with van der Waals surface area (Å²) in [7, 11) is 0. The molecule has 3 heterocycles. The predicted molar refractivity (Wildman–Crippen MR) is 199 cm³/mol. The molecular formula is C34H50N12O8. The fourth-order valence-electron chi connectivity index (χ4n) is 5.24. The van der Waals surface area contributed by atoms with E-state index in [1.165, 1.54) is 6.33 Å². The molecular weight excluding hydrogens is 704 g/mol. The lowest BCUT2D eigenvalue weighted by Crippen LogP contribution is -2.27. The average molecular weight is 755 g/mol. The van der Waals surface area contributed by atoms with E-state index in [0.29, 0.717) is 152 Å². The van der Waals surface area contributed by atoms with Crippen LogP contribution in [0.1, 0.15) is 38.5 Å². The quantitative estimate of drug-likeness (QED) is 0.0269. The summed E-state index contributed by atoms with van der Waals surface area (Å²) in [5.74, 6) is 0.219. The Hall–Kier alpha value is -5.11. The van der Waals surface area contributed by atoms with Gasteiger partial charge >= 0.3 is 0 Å². The van der Waals surface area contributed by atoms with Gasteiger partial charge in [-0.2, -0.15) is 10.1 Å². The minimum absolute atomic E-state index is 0.0405. The van der Waals surface area contributed by atoms with Crippen LogP contribution < -0.4 is 22.1 Å². The van der Waals surface area contributed by atoms with Gasteiger partial charge in [0.25, 0.3) is 6.01 Å². The molecule has 20 nitrogen and oxygen atoms in total. The molecule has 0 bridgehead atoms. The number of unbranched alkanes of at least 4 members (excludes halogenated alkanes) is 2. The molecule has 294 valence electrons. The number of azide groups is 1. The van der Waals surface area contributed by atoms with Gasteiger partial charge in [0.15, 0.2) is 11.2 Å². The number of rotatable bonds is 29. The van der Waals surface area contributed by atoms with Crippen LogP contribution in [0.4, 0.5) is 11.8 Å². The number of oxazole rings is 1. The van der Waals surface area contributed by atoms with E-state index in [1.54, 1.807) is 10.7 Å². The molecule has 0 spiro atoms. The van der Waals surface area contributed by atoms with E-state index in [4.69, 9.17) is 50.2 Å². The van der Waals surface area contributed by atoms with Crippen LogP contribution in [0.3, 0.4) is 0 Å². The predicted octanol–water partition coefficient (Wildman–Crippen LogP) is 2.77. The molecule has 0 unspecified atom stereocenters. The number of aromatic nitrogens is 5. The van der Waals surface area contributed by atoms with Gasteiger partial charge < -0.3 is 50.2 Å². The molecule has 4 rings (SSSR count). The monoisotopic (exact) mass is 754 g/mol. The molecule has 0 atom stereocenters. The number of fused-ring (bicyclic) bond motifs is 2. The number of hydrogen-bond donors (Lipinski definition) is 4. The molecule has 3 aromatic heterocycles. The van der Waals surface area contributed by atoms with Crippen LogP contribution in [0.25, 0.3) is 43.8 Å². The maximum Gasteiger partial charge on any atom is 0.292 e. The Morgan fingerprint density at radius 2 is 1.44 bits per heavy atom. The molecule has 0 saturated carbocycles. The normalized spacial score (nSPS) is 11.3. The summed E-state index contributed by atoms with van der Waals surface area (Å²) in [5, 5.41) is 14.6. The maximum atomic E-state index is 12.3. The van der Waals surface area contributed by atoms with Crippen molar-refractivity contribution in [1.29, 1.82) is 0 Å². The highest BCUT2D eigenvalue weighted by atomic mass is 16.6. The van der Waals surface area contributed by atoms with E-state index in [-0.39, 0.29) is 17.8 Å². The van der Waals surface area contributed by atoms with Crippen LogP contribution in [-0.4, -0.2) is 122 Å². The molecule has 0 aliphatic rings. The zero-order valence-corrected chi connectivity index (χ0v) is 30.4. The first kappa shape index (κ1) is 41.6. The van der Waals surface area contributed by atoms with Gasteiger partial charge in [0, 0.05) is 49.5 Å². The van der Waals surface area contributed by atoms with Crippen molar-refractivity contribution in [3.05, 3.63) is 35.0 Å². The zero-order valence-electron chi connectivity index (χ0n) is 30.4. The molecule has 6 N–H and O–H groups in total. The highest BCUT2D eigenvalue weighted by Crippen LogP contribution is 2.32. The number of nitrogens with zero attached hydrogens (tertiary/aromatic N) is 8. The van der Waals surface area contributed by atoms with Crippen molar-refractivity contribution in [3.8, 4) is 11.3 Å². The van der Waals surface area contributed by atoms with Gasteiger partial charge in [-0.3, -0.25) is 9.59 Å². The summed E-state index contributed by atoms with van der Waals surface area (Å²) >= 11 is 0. The molecule has 0 aliphatic heterocycles. The number of amides is 2. The van der Waals surface area contributed by atoms with Gasteiger partial charge in [-0.05, 0) is 49.4 Å². The third-order valence-corrected chi connectivity index (χ3v) is 7.87. The van der Waals surface area contributed by atoms with Gasteiger partial charge in [-0.25, -0.2) is 14.6 Å². The van der Waals surface area contributed by atoms with Crippen LogP contribution in [0.15, 0.2) is 34.1 Å². The van der Waals surface area contributed by atoms with E-state index >= 15 is 0 Å². The molecule has 0 aliphatic carbocycles. The van der Waals surface area contributed by atoms with Crippen molar-refractivity contribution in [2.24, 2.45) is 5.11 Å². The highest BCUT2D eigenvalue weighted by Gasteiger charge is 2.18. The van der Waals surface area contributed by atoms with Crippen LogP contribution in [0.5, 0.6) is 0 Å². The summed E-state index contributed by atoms with van der Waals surface area (Å²) in [4.78, 5) is 39.8. The van der Waals surface area contributed by atoms with Gasteiger partial charge in [0.2, 0.25) is 11.8 Å². The molecule has 4 aromatic rings. The van der Waals surface area contributed by atoms with Gasteiger partial charge in [-0.1, -0.05) is 5.11 Å². The second-order valence-electron chi connectivity index (χ2n) is 11.9. The Bertz CT molecular complexity index is 1780. The van der Waals surface area contributed by atoms with E-state index in [2.05, 4.69) is 35.6 Å². The first-order valence-electron chi connectivity index (χ1n) is 18.0. The first-order chi connectivity index (χ1) is 26.5. The van der Waals surface area contributed by atoms with E-state index in [9.17, 15) is 9.59 Å². The summed E-state index contributed by atoms with van der Waals surface area (Å²) in [6.45, 7) is 6.11. The molecule has 0 fully saturated rings. The Morgan fingerprint density at radius 3 is 2.11 bits per heavy atom. The number of carbonyl (C=O) groups excluding carboxylic acids is 2. The third kappa shape index (κ3) is 14.7. The highest BCUT2D eigenvalue weighted by molar-refractivity contribution is 5.99. The van der Waals surface area contributed by atoms with E-state index < -0.39 is 0 Å². The average Bonchev–Trinajstić information content (AvgIpc) is 3.74. The number of nitrogen functional groups attached to an aromatic ring is 2. The summed E-state index contributed by atoms with van der Waals surface area (Å²) < 4.78 is 34.1. The molecule has 0 radical (unpaired) electrons. The molecule has 2 amide bonds. The second-order valence-corrected chi connectivity index (χ2v) is 11.9. The number of nitrogens with one attached hydrogen (secondary N) is 2. The smallest absolute Gasteiger partial charge is 0.292 e. The fourth-order valence-corrected chi connectivity index (χ4v) is 5.24. The van der Waals surface area contributed by atoms with Gasteiger partial charge in [0.05, 0.1) is 71.5 Å². The van der Waals surface area contributed by atoms with Crippen LogP contribution in [-0.2, 0) is 39.8 Å². The largest absolute Gasteiger partial charge is 0.424 e. The number of carbonyl (C=O) groups is 2. The Labute approximate surface area is 312 Å². The summed E-state index contributed by atoms with van der Waals surface area (Å²) in [5.41, 5.74) is 23.3. The standard InChI is InChI=1S/C34H50N12O8/c35-32-30-31(25-7-8-27-26(23-25)43-34(36)54-27)44-46(33(30)41-24-40-32)12-4-3-9-38-28(47)5-1-2-6-29(48)39-10-13-49-15-17-51-19-21-53-22-20-52-18-16-50-14-11-42-45-37/h7-8,23-24H,1-6,9-22H2,(H2,36,43)(H,38,47)(H,39,48)(H2,35,40,41). The number of anilines is 2. The third-order valence-electron chi connectivity index (χ3n) is 7.87.